The number of benzene rings is 1. The van der Waals surface area contributed by atoms with Gasteiger partial charge in [0, 0.05) is 13.1 Å². The third-order valence-corrected chi connectivity index (χ3v) is 3.37. The van der Waals surface area contributed by atoms with Gasteiger partial charge in [-0.15, -0.1) is 0 Å². The summed E-state index contributed by atoms with van der Waals surface area (Å²) in [5.74, 6) is 0.450. The number of amides is 1. The summed E-state index contributed by atoms with van der Waals surface area (Å²) in [5, 5.41) is 9.78. The van der Waals surface area contributed by atoms with Crippen molar-refractivity contribution in [3.05, 3.63) is 23.8 Å². The molecule has 0 bridgehead atoms. The molecule has 0 unspecified atom stereocenters. The smallest absolute Gasteiger partial charge is 0.257 e. The number of piperidine rings is 1. The van der Waals surface area contributed by atoms with Crippen molar-refractivity contribution >= 4 is 11.6 Å². The van der Waals surface area contributed by atoms with Crippen LogP contribution in [0.3, 0.4) is 0 Å². The van der Waals surface area contributed by atoms with Gasteiger partial charge < -0.3 is 15.7 Å². The van der Waals surface area contributed by atoms with Gasteiger partial charge in [0.2, 0.25) is 0 Å². The molecule has 0 atom stereocenters. The van der Waals surface area contributed by atoms with E-state index in [2.05, 4.69) is 6.92 Å². The van der Waals surface area contributed by atoms with E-state index in [9.17, 15) is 9.90 Å². The van der Waals surface area contributed by atoms with Crippen LogP contribution < -0.4 is 5.73 Å². The lowest BCUT2D eigenvalue weighted by Crippen LogP contribution is -2.37. The third kappa shape index (κ3) is 2.35. The lowest BCUT2D eigenvalue weighted by atomic mass is 9.98. The normalized spacial score (nSPS) is 17.1. The largest absolute Gasteiger partial charge is 0.505 e. The zero-order valence-corrected chi connectivity index (χ0v) is 10.0. The number of phenols is 1. The summed E-state index contributed by atoms with van der Waals surface area (Å²) in [6.07, 6.45) is 2.05. The van der Waals surface area contributed by atoms with Crippen LogP contribution in [-0.2, 0) is 0 Å². The topological polar surface area (TPSA) is 66.6 Å². The highest BCUT2D eigenvalue weighted by atomic mass is 16.3. The van der Waals surface area contributed by atoms with Crippen molar-refractivity contribution in [3.8, 4) is 5.75 Å². The molecular formula is C13H18N2O2. The van der Waals surface area contributed by atoms with E-state index in [1.165, 1.54) is 0 Å². The number of carbonyl (C=O) groups is 1. The van der Waals surface area contributed by atoms with Crippen LogP contribution in [0.5, 0.6) is 5.75 Å². The molecule has 1 aromatic rings. The molecule has 1 aromatic carbocycles. The van der Waals surface area contributed by atoms with Gasteiger partial charge in [0.05, 0.1) is 11.3 Å². The molecule has 3 N–H and O–H groups in total. The molecule has 1 saturated heterocycles. The Labute approximate surface area is 101 Å². The molecular weight excluding hydrogens is 216 g/mol. The molecule has 1 fully saturated rings. The number of likely N-dealkylation sites (tertiary alicyclic amines) is 1. The van der Waals surface area contributed by atoms with Crippen molar-refractivity contribution in [1.82, 2.24) is 4.90 Å². The summed E-state index contributed by atoms with van der Waals surface area (Å²) in [5.41, 5.74) is 6.15. The molecule has 1 amide bonds. The first-order valence-corrected chi connectivity index (χ1v) is 5.96. The number of para-hydroxylation sites is 1. The lowest BCUT2D eigenvalue weighted by molar-refractivity contribution is 0.0694. The minimum absolute atomic E-state index is 0.101. The number of nitrogens with two attached hydrogens (primary N) is 1. The van der Waals surface area contributed by atoms with Crippen molar-refractivity contribution in [2.24, 2.45) is 5.92 Å². The molecule has 2 rings (SSSR count). The van der Waals surface area contributed by atoms with Gasteiger partial charge in [0.15, 0.2) is 5.75 Å². The maximum Gasteiger partial charge on any atom is 0.257 e. The maximum absolute atomic E-state index is 12.2. The van der Waals surface area contributed by atoms with Gasteiger partial charge in [-0.3, -0.25) is 4.79 Å². The van der Waals surface area contributed by atoms with Crippen molar-refractivity contribution in [1.29, 1.82) is 0 Å². The standard InChI is InChI=1S/C13H18N2O2/c1-9-5-7-15(8-6-9)13(17)10-3-2-4-11(14)12(10)16/h2-4,9,16H,5-8,14H2,1H3. The molecule has 4 nitrogen and oxygen atoms in total. The van der Waals surface area contributed by atoms with Gasteiger partial charge in [-0.1, -0.05) is 13.0 Å². The second-order valence-corrected chi connectivity index (χ2v) is 4.72. The Kier molecular flexibility index (Phi) is 3.22. The Morgan fingerprint density at radius 1 is 1.41 bits per heavy atom. The molecule has 0 spiro atoms. The van der Waals surface area contributed by atoms with Gasteiger partial charge in [0.1, 0.15) is 0 Å². The molecule has 1 aliphatic rings. The van der Waals surface area contributed by atoms with Crippen LogP contribution in [0.2, 0.25) is 0 Å². The molecule has 4 heteroatoms. The third-order valence-electron chi connectivity index (χ3n) is 3.37. The minimum Gasteiger partial charge on any atom is -0.505 e. The van der Waals surface area contributed by atoms with E-state index in [0.717, 1.165) is 25.9 Å². The molecule has 17 heavy (non-hydrogen) atoms. The Bertz CT molecular complexity index is 423. The van der Waals surface area contributed by atoms with Crippen LogP contribution in [0.25, 0.3) is 0 Å². The average molecular weight is 234 g/mol. The number of phenolic OH excluding ortho intramolecular Hbond substituents is 1. The van der Waals surface area contributed by atoms with Crippen LogP contribution >= 0.6 is 0 Å². The molecule has 0 radical (unpaired) electrons. The van der Waals surface area contributed by atoms with Crippen molar-refractivity contribution in [3.63, 3.8) is 0 Å². The Balaban J connectivity index is 2.17. The first kappa shape index (κ1) is 11.8. The zero-order chi connectivity index (χ0) is 12.4. The van der Waals surface area contributed by atoms with Crippen LogP contribution in [0.1, 0.15) is 30.1 Å². The summed E-state index contributed by atoms with van der Waals surface area (Å²) in [4.78, 5) is 14.0. The van der Waals surface area contributed by atoms with Crippen LogP contribution in [0.15, 0.2) is 18.2 Å². The summed E-state index contributed by atoms with van der Waals surface area (Å²) in [6.45, 7) is 3.71. The molecule has 0 saturated carbocycles. The quantitative estimate of drug-likeness (QED) is 0.575. The predicted octanol–water partition coefficient (Wildman–Crippen LogP) is 1.85. The van der Waals surface area contributed by atoms with Gasteiger partial charge in [-0.25, -0.2) is 0 Å². The SMILES string of the molecule is CC1CCN(C(=O)c2cccc(N)c2O)CC1. The second-order valence-electron chi connectivity index (χ2n) is 4.72. The van der Waals surface area contributed by atoms with Crippen molar-refractivity contribution in [2.45, 2.75) is 19.8 Å². The Morgan fingerprint density at radius 2 is 2.06 bits per heavy atom. The molecule has 0 aliphatic carbocycles. The van der Waals surface area contributed by atoms with Gasteiger partial charge in [-0.2, -0.15) is 0 Å². The van der Waals surface area contributed by atoms with E-state index >= 15 is 0 Å². The van der Waals surface area contributed by atoms with Crippen LogP contribution in [0.4, 0.5) is 5.69 Å². The summed E-state index contributed by atoms with van der Waals surface area (Å²) >= 11 is 0. The first-order valence-electron chi connectivity index (χ1n) is 5.96. The summed E-state index contributed by atoms with van der Waals surface area (Å²) in [7, 11) is 0. The highest BCUT2D eigenvalue weighted by Gasteiger charge is 2.23. The molecule has 1 heterocycles. The summed E-state index contributed by atoms with van der Waals surface area (Å²) in [6, 6.07) is 4.89. The van der Waals surface area contributed by atoms with E-state index < -0.39 is 0 Å². The number of hydrogen-bond donors (Lipinski definition) is 2. The number of nitrogen functional groups attached to an aromatic ring is 1. The lowest BCUT2D eigenvalue weighted by Gasteiger charge is -2.30. The highest BCUT2D eigenvalue weighted by molar-refractivity contribution is 5.98. The number of nitrogens with zero attached hydrogens (tertiary/aromatic N) is 1. The fourth-order valence-electron chi connectivity index (χ4n) is 2.12. The second kappa shape index (κ2) is 4.65. The van der Waals surface area contributed by atoms with Gasteiger partial charge in [0.25, 0.3) is 5.91 Å². The monoisotopic (exact) mass is 234 g/mol. The van der Waals surface area contributed by atoms with Crippen molar-refractivity contribution in [2.75, 3.05) is 18.8 Å². The summed E-state index contributed by atoms with van der Waals surface area (Å²) < 4.78 is 0. The van der Waals surface area contributed by atoms with E-state index in [4.69, 9.17) is 5.73 Å². The first-order chi connectivity index (χ1) is 8.09. The number of anilines is 1. The van der Waals surface area contributed by atoms with Crippen LogP contribution in [-0.4, -0.2) is 29.0 Å². The molecule has 1 aliphatic heterocycles. The van der Waals surface area contributed by atoms with E-state index in [-0.39, 0.29) is 17.3 Å². The average Bonchev–Trinajstić information content (AvgIpc) is 2.33. The Morgan fingerprint density at radius 3 is 2.71 bits per heavy atom. The van der Waals surface area contributed by atoms with E-state index in [0.29, 0.717) is 11.5 Å². The zero-order valence-electron chi connectivity index (χ0n) is 10.0. The maximum atomic E-state index is 12.2. The highest BCUT2D eigenvalue weighted by Crippen LogP contribution is 2.27. The number of rotatable bonds is 1. The minimum atomic E-state index is -0.123. The van der Waals surface area contributed by atoms with Gasteiger partial charge in [-0.05, 0) is 30.9 Å². The number of carbonyl (C=O) groups excluding carboxylic acids is 1. The Hall–Kier alpha value is -1.71. The molecule has 0 aromatic heterocycles. The molecule has 92 valence electrons. The fourth-order valence-corrected chi connectivity index (χ4v) is 2.12. The predicted molar refractivity (Wildman–Crippen MR) is 66.8 cm³/mol. The van der Waals surface area contributed by atoms with Crippen molar-refractivity contribution < 1.29 is 9.90 Å². The number of hydrogen-bond acceptors (Lipinski definition) is 3. The van der Waals surface area contributed by atoms with E-state index in [1.807, 2.05) is 0 Å². The fraction of sp³-hybridized carbons (Fsp3) is 0.462. The van der Waals surface area contributed by atoms with Gasteiger partial charge >= 0.3 is 0 Å². The van der Waals surface area contributed by atoms with Crippen LogP contribution in [0, 0.1) is 5.92 Å². The van der Waals surface area contributed by atoms with E-state index in [1.54, 1.807) is 23.1 Å². The number of aromatic hydroxyl groups is 1.